The van der Waals surface area contributed by atoms with Gasteiger partial charge in [-0.25, -0.2) is 0 Å². The second kappa shape index (κ2) is 5.83. The molecule has 2 aliphatic rings. The number of morpholine rings is 1. The predicted molar refractivity (Wildman–Crippen MR) is 69.2 cm³/mol. The van der Waals surface area contributed by atoms with Crippen LogP contribution in [0.1, 0.15) is 26.2 Å². The molecule has 6 nitrogen and oxygen atoms in total. The Labute approximate surface area is 109 Å². The van der Waals surface area contributed by atoms with Crippen molar-refractivity contribution in [2.45, 2.75) is 38.3 Å². The first kappa shape index (κ1) is 14.2. The van der Waals surface area contributed by atoms with E-state index in [1.54, 1.807) is 0 Å². The maximum atomic E-state index is 12.3. The molecule has 0 spiro atoms. The second-order valence-corrected chi connectivity index (χ2v) is 6.90. The molecule has 1 heterocycles. The van der Waals surface area contributed by atoms with Crippen LogP contribution in [0.15, 0.2) is 0 Å². The summed E-state index contributed by atoms with van der Waals surface area (Å²) in [5.74, 6) is 0.276. The van der Waals surface area contributed by atoms with E-state index in [1.807, 2.05) is 6.92 Å². The zero-order valence-corrected chi connectivity index (χ0v) is 11.7. The lowest BCUT2D eigenvalue weighted by Crippen LogP contribution is -2.52. The highest BCUT2D eigenvalue weighted by Gasteiger charge is 2.34. The third kappa shape index (κ3) is 3.21. The molecule has 1 saturated carbocycles. The molecule has 1 saturated heterocycles. The monoisotopic (exact) mass is 277 g/mol. The third-order valence-corrected chi connectivity index (χ3v) is 5.42. The molecular weight excluding hydrogens is 254 g/mol. The molecule has 0 bridgehead atoms. The van der Waals surface area contributed by atoms with Gasteiger partial charge in [-0.3, -0.25) is 0 Å². The van der Waals surface area contributed by atoms with E-state index in [-0.39, 0.29) is 18.1 Å². The highest BCUT2D eigenvalue weighted by Crippen LogP contribution is 2.25. The van der Waals surface area contributed by atoms with Crippen LogP contribution in [0.2, 0.25) is 0 Å². The summed E-state index contributed by atoms with van der Waals surface area (Å²) in [4.78, 5) is 0. The molecular formula is C11H23N3O3S. The fraction of sp³-hybridized carbons (Fsp3) is 1.00. The minimum absolute atomic E-state index is 0.00171. The van der Waals surface area contributed by atoms with Crippen molar-refractivity contribution in [3.63, 3.8) is 0 Å². The van der Waals surface area contributed by atoms with Gasteiger partial charge in [0.05, 0.1) is 12.7 Å². The Morgan fingerprint density at radius 3 is 2.89 bits per heavy atom. The summed E-state index contributed by atoms with van der Waals surface area (Å²) in [6, 6.07) is -0.00171. The van der Waals surface area contributed by atoms with Gasteiger partial charge in [-0.05, 0) is 32.2 Å². The topological polar surface area (TPSA) is 84.7 Å². The van der Waals surface area contributed by atoms with Crippen molar-refractivity contribution < 1.29 is 13.2 Å². The van der Waals surface area contributed by atoms with E-state index in [0.717, 1.165) is 19.3 Å². The molecule has 0 aromatic heterocycles. The zero-order chi connectivity index (χ0) is 13.2. The standard InChI is InChI=1S/C11H23N3O3S/c1-9-8-14(5-6-17-9)18(15,16)13-11-4-2-3-10(11)7-12/h9-11,13H,2-8,12H2,1H3. The maximum Gasteiger partial charge on any atom is 0.279 e. The number of nitrogens with one attached hydrogen (secondary N) is 1. The fourth-order valence-corrected chi connectivity index (χ4v) is 4.31. The maximum absolute atomic E-state index is 12.3. The summed E-state index contributed by atoms with van der Waals surface area (Å²) in [7, 11) is -3.39. The van der Waals surface area contributed by atoms with E-state index < -0.39 is 10.2 Å². The zero-order valence-electron chi connectivity index (χ0n) is 10.8. The van der Waals surface area contributed by atoms with Gasteiger partial charge in [0.15, 0.2) is 0 Å². The molecule has 3 N–H and O–H groups in total. The highest BCUT2D eigenvalue weighted by molar-refractivity contribution is 7.87. The van der Waals surface area contributed by atoms with Crippen molar-refractivity contribution in [3.8, 4) is 0 Å². The Morgan fingerprint density at radius 1 is 1.44 bits per heavy atom. The van der Waals surface area contributed by atoms with Gasteiger partial charge >= 0.3 is 0 Å². The molecule has 2 rings (SSSR count). The average molecular weight is 277 g/mol. The Morgan fingerprint density at radius 2 is 2.22 bits per heavy atom. The molecule has 3 unspecified atom stereocenters. The molecule has 0 amide bonds. The van der Waals surface area contributed by atoms with Gasteiger partial charge in [0.25, 0.3) is 10.2 Å². The van der Waals surface area contributed by atoms with Crippen LogP contribution in [0.4, 0.5) is 0 Å². The van der Waals surface area contributed by atoms with Gasteiger partial charge in [0, 0.05) is 19.1 Å². The minimum atomic E-state index is -3.39. The molecule has 3 atom stereocenters. The van der Waals surface area contributed by atoms with E-state index in [1.165, 1.54) is 4.31 Å². The number of nitrogens with two attached hydrogens (primary N) is 1. The lowest BCUT2D eigenvalue weighted by atomic mass is 10.1. The molecule has 18 heavy (non-hydrogen) atoms. The van der Waals surface area contributed by atoms with Crippen LogP contribution in [0, 0.1) is 5.92 Å². The first-order valence-corrected chi connectivity index (χ1v) is 8.06. The summed E-state index contributed by atoms with van der Waals surface area (Å²) >= 11 is 0. The quantitative estimate of drug-likeness (QED) is 0.737. The highest BCUT2D eigenvalue weighted by atomic mass is 32.2. The third-order valence-electron chi connectivity index (χ3n) is 3.81. The van der Waals surface area contributed by atoms with E-state index in [2.05, 4.69) is 4.72 Å². The average Bonchev–Trinajstić information content (AvgIpc) is 2.75. The van der Waals surface area contributed by atoms with Gasteiger partial charge in [-0.2, -0.15) is 17.4 Å². The predicted octanol–water partition coefficient (Wildman–Crippen LogP) is -0.331. The van der Waals surface area contributed by atoms with Crippen LogP contribution in [0.3, 0.4) is 0 Å². The Kier molecular flexibility index (Phi) is 4.60. The van der Waals surface area contributed by atoms with Crippen LogP contribution < -0.4 is 10.5 Å². The normalized spacial score (nSPS) is 34.9. The number of rotatable bonds is 4. The summed E-state index contributed by atoms with van der Waals surface area (Å²) in [5, 5.41) is 0. The van der Waals surface area contributed by atoms with Crippen molar-refractivity contribution in [2.24, 2.45) is 11.7 Å². The fourth-order valence-electron chi connectivity index (χ4n) is 2.74. The molecule has 0 aromatic carbocycles. The lowest BCUT2D eigenvalue weighted by Gasteiger charge is -2.32. The number of hydrogen-bond donors (Lipinski definition) is 2. The van der Waals surface area contributed by atoms with Crippen LogP contribution in [-0.2, 0) is 14.9 Å². The lowest BCUT2D eigenvalue weighted by molar-refractivity contribution is 0.00961. The minimum Gasteiger partial charge on any atom is -0.376 e. The van der Waals surface area contributed by atoms with Crippen molar-refractivity contribution in [1.82, 2.24) is 9.03 Å². The number of nitrogens with zero attached hydrogens (tertiary/aromatic N) is 1. The van der Waals surface area contributed by atoms with Crippen LogP contribution in [-0.4, -0.2) is 51.1 Å². The number of hydrogen-bond acceptors (Lipinski definition) is 4. The summed E-state index contributed by atoms with van der Waals surface area (Å²) in [6.07, 6.45) is 2.92. The first-order valence-electron chi connectivity index (χ1n) is 6.62. The summed E-state index contributed by atoms with van der Waals surface area (Å²) in [6.45, 7) is 3.76. The molecule has 7 heteroatoms. The van der Waals surface area contributed by atoms with E-state index >= 15 is 0 Å². The summed E-state index contributed by atoms with van der Waals surface area (Å²) < 4.78 is 34.2. The van der Waals surface area contributed by atoms with E-state index in [9.17, 15) is 8.42 Å². The molecule has 2 fully saturated rings. The smallest absolute Gasteiger partial charge is 0.279 e. The number of ether oxygens (including phenoxy) is 1. The van der Waals surface area contributed by atoms with Gasteiger partial charge in [-0.15, -0.1) is 0 Å². The van der Waals surface area contributed by atoms with Crippen molar-refractivity contribution in [1.29, 1.82) is 0 Å². The van der Waals surface area contributed by atoms with E-state index in [0.29, 0.717) is 26.2 Å². The molecule has 1 aliphatic heterocycles. The van der Waals surface area contributed by atoms with Gasteiger partial charge in [0.1, 0.15) is 0 Å². The second-order valence-electron chi connectivity index (χ2n) is 5.20. The van der Waals surface area contributed by atoms with Gasteiger partial charge in [0.2, 0.25) is 0 Å². The SMILES string of the molecule is CC1CN(S(=O)(=O)NC2CCCC2CN)CCO1. The Hall–Kier alpha value is -0.210. The summed E-state index contributed by atoms with van der Waals surface area (Å²) in [5.41, 5.74) is 5.68. The first-order chi connectivity index (χ1) is 8.53. The van der Waals surface area contributed by atoms with Crippen molar-refractivity contribution in [2.75, 3.05) is 26.2 Å². The van der Waals surface area contributed by atoms with Crippen LogP contribution in [0.5, 0.6) is 0 Å². The Balaban J connectivity index is 1.98. The Bertz CT molecular complexity index is 374. The van der Waals surface area contributed by atoms with Crippen molar-refractivity contribution in [3.05, 3.63) is 0 Å². The largest absolute Gasteiger partial charge is 0.376 e. The molecule has 1 aliphatic carbocycles. The molecule has 0 radical (unpaired) electrons. The van der Waals surface area contributed by atoms with Crippen molar-refractivity contribution >= 4 is 10.2 Å². The van der Waals surface area contributed by atoms with Crippen LogP contribution in [0.25, 0.3) is 0 Å². The van der Waals surface area contributed by atoms with Gasteiger partial charge in [-0.1, -0.05) is 6.42 Å². The van der Waals surface area contributed by atoms with E-state index in [4.69, 9.17) is 10.5 Å². The van der Waals surface area contributed by atoms with Crippen LogP contribution >= 0.6 is 0 Å². The molecule has 106 valence electrons. The van der Waals surface area contributed by atoms with Gasteiger partial charge < -0.3 is 10.5 Å². The molecule has 0 aromatic rings.